The van der Waals surface area contributed by atoms with Crippen LogP contribution in [0.1, 0.15) is 44.3 Å². The maximum atomic E-state index is 14.0. The summed E-state index contributed by atoms with van der Waals surface area (Å²) < 4.78 is 12.6. The molecule has 4 heterocycles. The lowest BCUT2D eigenvalue weighted by Crippen LogP contribution is -2.55. The SMILES string of the molecule is CCCCN1CC=C[C@@]23O[C@H]4/C=C\CCC(=O)NC[C@H](c5ccccc5)OC(=O)[C@H]4[C@@H]2C(=O)N(CCO)[C@H]3C1=O. The van der Waals surface area contributed by atoms with Crippen molar-refractivity contribution < 1.29 is 33.8 Å². The largest absolute Gasteiger partial charge is 0.455 e. The number of nitrogens with zero attached hydrogens (tertiary/aromatic N) is 2. The van der Waals surface area contributed by atoms with Gasteiger partial charge in [-0.15, -0.1) is 0 Å². The Morgan fingerprint density at radius 1 is 1.07 bits per heavy atom. The van der Waals surface area contributed by atoms with Crippen molar-refractivity contribution in [2.75, 3.05) is 32.8 Å². The predicted octanol–water partition coefficient (Wildman–Crippen LogP) is 1.51. The minimum atomic E-state index is -1.39. The van der Waals surface area contributed by atoms with Crippen LogP contribution in [0.3, 0.4) is 0 Å². The summed E-state index contributed by atoms with van der Waals surface area (Å²) in [4.78, 5) is 57.5. The number of benzene rings is 1. The molecule has 0 bridgehead atoms. The van der Waals surface area contributed by atoms with Crippen LogP contribution in [0.25, 0.3) is 0 Å². The van der Waals surface area contributed by atoms with E-state index in [2.05, 4.69) is 5.32 Å². The van der Waals surface area contributed by atoms with Crippen LogP contribution >= 0.6 is 0 Å². The zero-order valence-corrected chi connectivity index (χ0v) is 22.7. The minimum Gasteiger partial charge on any atom is -0.455 e. The molecule has 2 saturated heterocycles. The van der Waals surface area contributed by atoms with Gasteiger partial charge in [-0.2, -0.15) is 0 Å². The van der Waals surface area contributed by atoms with E-state index in [1.807, 2.05) is 43.3 Å². The molecule has 0 aromatic heterocycles. The van der Waals surface area contributed by atoms with Gasteiger partial charge in [-0.1, -0.05) is 68.0 Å². The van der Waals surface area contributed by atoms with Gasteiger partial charge in [-0.3, -0.25) is 19.2 Å². The number of allylic oxidation sites excluding steroid dienone is 1. The van der Waals surface area contributed by atoms with Crippen molar-refractivity contribution in [1.82, 2.24) is 15.1 Å². The lowest BCUT2D eigenvalue weighted by molar-refractivity contribution is -0.160. The van der Waals surface area contributed by atoms with E-state index in [1.54, 1.807) is 23.1 Å². The zero-order valence-electron chi connectivity index (χ0n) is 22.7. The molecule has 40 heavy (non-hydrogen) atoms. The van der Waals surface area contributed by atoms with Crippen LogP contribution in [0.15, 0.2) is 54.6 Å². The summed E-state index contributed by atoms with van der Waals surface area (Å²) in [6.07, 6.45) is 7.89. The molecule has 1 aromatic carbocycles. The third-order valence-corrected chi connectivity index (χ3v) is 8.25. The van der Waals surface area contributed by atoms with E-state index in [0.29, 0.717) is 25.1 Å². The topological polar surface area (TPSA) is 125 Å². The molecule has 1 aromatic rings. The highest BCUT2D eigenvalue weighted by Gasteiger charge is 2.71. The van der Waals surface area contributed by atoms with Crippen molar-refractivity contribution >= 4 is 23.7 Å². The van der Waals surface area contributed by atoms with Crippen molar-refractivity contribution in [3.05, 3.63) is 60.2 Å². The summed E-state index contributed by atoms with van der Waals surface area (Å²) in [7, 11) is 0. The summed E-state index contributed by atoms with van der Waals surface area (Å²) in [5, 5.41) is 12.7. The van der Waals surface area contributed by atoms with Gasteiger partial charge in [0, 0.05) is 26.1 Å². The van der Waals surface area contributed by atoms with E-state index >= 15 is 0 Å². The highest BCUT2D eigenvalue weighted by Crippen LogP contribution is 2.53. The number of esters is 1. The third-order valence-electron chi connectivity index (χ3n) is 8.25. The van der Waals surface area contributed by atoms with Crippen molar-refractivity contribution in [3.63, 3.8) is 0 Å². The fourth-order valence-corrected chi connectivity index (χ4v) is 6.35. The van der Waals surface area contributed by atoms with Gasteiger partial charge in [0.1, 0.15) is 23.7 Å². The third kappa shape index (κ3) is 5.06. The Balaban J connectivity index is 1.56. The summed E-state index contributed by atoms with van der Waals surface area (Å²) in [6.45, 7) is 2.66. The second-order valence-corrected chi connectivity index (χ2v) is 10.7. The molecule has 4 aliphatic rings. The first kappa shape index (κ1) is 28.0. The fourth-order valence-electron chi connectivity index (χ4n) is 6.35. The predicted molar refractivity (Wildman–Crippen MR) is 144 cm³/mol. The average Bonchev–Trinajstić information content (AvgIpc) is 3.33. The van der Waals surface area contributed by atoms with Gasteiger partial charge in [0.2, 0.25) is 17.7 Å². The molecule has 3 amide bonds. The summed E-state index contributed by atoms with van der Waals surface area (Å²) in [5.74, 6) is -3.49. The number of likely N-dealkylation sites (tertiary alicyclic amines) is 1. The standard InChI is InChI=1S/C30H37N3O7/c1-2-3-15-32-16-9-14-30-25(27(36)33(17-18-34)26(30)28(32)37)24-21(40-30)12-7-8-13-23(35)31-19-22(39-29(24)38)20-10-5-4-6-11-20/h4-7,9-12,14,21-22,24-26,34H,2-3,8,13,15-19H2,1H3,(H,31,35)/b12-7-/t21-,22+,24+,25+,26-,30+/m0/s1. The molecule has 4 aliphatic heterocycles. The minimum absolute atomic E-state index is 0.0484. The number of unbranched alkanes of at least 4 members (excludes halogenated alkanes) is 1. The van der Waals surface area contributed by atoms with Crippen LogP contribution in [-0.2, 0) is 28.7 Å². The molecular formula is C30H37N3O7. The Labute approximate surface area is 234 Å². The molecule has 2 fully saturated rings. The quantitative estimate of drug-likeness (QED) is 0.406. The molecule has 2 N–H and O–H groups in total. The Hall–Kier alpha value is -3.50. The van der Waals surface area contributed by atoms with Gasteiger partial charge in [0.25, 0.3) is 0 Å². The normalized spacial score (nSPS) is 33.2. The smallest absolute Gasteiger partial charge is 0.313 e. The second-order valence-electron chi connectivity index (χ2n) is 10.7. The average molecular weight is 552 g/mol. The lowest BCUT2D eigenvalue weighted by atomic mass is 9.78. The van der Waals surface area contributed by atoms with E-state index in [0.717, 1.165) is 12.8 Å². The van der Waals surface area contributed by atoms with Crippen LogP contribution < -0.4 is 5.32 Å². The first-order chi connectivity index (χ1) is 19.4. The van der Waals surface area contributed by atoms with Gasteiger partial charge >= 0.3 is 5.97 Å². The van der Waals surface area contributed by atoms with E-state index in [1.165, 1.54) is 4.90 Å². The van der Waals surface area contributed by atoms with Gasteiger partial charge in [0.15, 0.2) is 0 Å². The van der Waals surface area contributed by atoms with Gasteiger partial charge < -0.3 is 29.7 Å². The van der Waals surface area contributed by atoms with Crippen LogP contribution in [-0.4, -0.2) is 89.1 Å². The molecule has 214 valence electrons. The number of carbonyl (C=O) groups is 4. The van der Waals surface area contributed by atoms with Crippen LogP contribution in [0.2, 0.25) is 0 Å². The zero-order chi connectivity index (χ0) is 28.3. The number of carbonyl (C=O) groups excluding carboxylic acids is 4. The number of hydrogen-bond acceptors (Lipinski definition) is 7. The Kier molecular flexibility index (Phi) is 8.37. The first-order valence-electron chi connectivity index (χ1n) is 14.2. The molecule has 1 spiro atoms. The highest BCUT2D eigenvalue weighted by atomic mass is 16.6. The van der Waals surface area contributed by atoms with Crippen LogP contribution in [0, 0.1) is 11.8 Å². The van der Waals surface area contributed by atoms with Crippen molar-refractivity contribution in [3.8, 4) is 0 Å². The number of cyclic esters (lactones) is 1. The monoisotopic (exact) mass is 551 g/mol. The van der Waals surface area contributed by atoms with E-state index in [-0.39, 0.29) is 37.9 Å². The van der Waals surface area contributed by atoms with Crippen molar-refractivity contribution in [2.24, 2.45) is 11.8 Å². The number of nitrogens with one attached hydrogen (secondary N) is 1. The molecule has 5 rings (SSSR count). The molecule has 10 nitrogen and oxygen atoms in total. The first-order valence-corrected chi connectivity index (χ1v) is 14.2. The fraction of sp³-hybridized carbons (Fsp3) is 0.533. The maximum Gasteiger partial charge on any atom is 0.313 e. The van der Waals surface area contributed by atoms with Crippen molar-refractivity contribution in [2.45, 2.75) is 56.5 Å². The number of rotatable bonds is 6. The number of aliphatic hydroxyl groups is 1. The molecule has 0 radical (unpaired) electrons. The van der Waals surface area contributed by atoms with Gasteiger partial charge in [-0.25, -0.2) is 0 Å². The summed E-state index contributed by atoms with van der Waals surface area (Å²) in [6, 6.07) is 8.12. The number of fused-ring (bicyclic) bond motifs is 2. The van der Waals surface area contributed by atoms with Gasteiger partial charge in [-0.05, 0) is 18.4 Å². The lowest BCUT2D eigenvalue weighted by Gasteiger charge is -2.35. The van der Waals surface area contributed by atoms with Crippen LogP contribution in [0.4, 0.5) is 0 Å². The number of amides is 3. The van der Waals surface area contributed by atoms with E-state index in [4.69, 9.17) is 9.47 Å². The summed E-state index contributed by atoms with van der Waals surface area (Å²) in [5.41, 5.74) is -0.679. The molecule has 0 unspecified atom stereocenters. The Bertz CT molecular complexity index is 1190. The number of aliphatic hydroxyl groups excluding tert-OH is 1. The Morgan fingerprint density at radius 3 is 2.62 bits per heavy atom. The molecule has 0 aliphatic carbocycles. The van der Waals surface area contributed by atoms with E-state index in [9.17, 15) is 24.3 Å². The maximum absolute atomic E-state index is 14.0. The Morgan fingerprint density at radius 2 is 1.88 bits per heavy atom. The molecule has 0 saturated carbocycles. The molecule has 10 heteroatoms. The molecule has 6 atom stereocenters. The molecular weight excluding hydrogens is 514 g/mol. The van der Waals surface area contributed by atoms with Gasteiger partial charge in [0.05, 0.1) is 25.2 Å². The van der Waals surface area contributed by atoms with Crippen molar-refractivity contribution in [1.29, 1.82) is 0 Å². The second kappa shape index (κ2) is 11.9. The van der Waals surface area contributed by atoms with E-state index < -0.39 is 47.6 Å². The number of ether oxygens (including phenoxy) is 2. The van der Waals surface area contributed by atoms with Crippen LogP contribution in [0.5, 0.6) is 0 Å². The summed E-state index contributed by atoms with van der Waals surface area (Å²) >= 11 is 0. The number of β-amino-alcohol motifs (C(OH)–C–C–N with tert-alkyl or cyclic N) is 1. The number of hydrogen-bond donors (Lipinski definition) is 2. The highest BCUT2D eigenvalue weighted by molar-refractivity contribution is 5.99.